The Balaban J connectivity index is 2.41. The maximum absolute atomic E-state index is 4.23. The zero-order valence-corrected chi connectivity index (χ0v) is 7.90. The molecule has 2 aromatic rings. The topological polar surface area (TPSA) is 28.7 Å². The van der Waals surface area contributed by atoms with Crippen LogP contribution in [0.1, 0.15) is 5.56 Å². The molecule has 70 valence electrons. The van der Waals surface area contributed by atoms with E-state index in [1.54, 1.807) is 0 Å². The number of aromatic amines is 1. The highest BCUT2D eigenvalue weighted by atomic mass is 15.1. The molecule has 0 atom stereocenters. The predicted octanol–water partition coefficient (Wildman–Crippen LogP) is 2.81. The number of nitrogens with one attached hydrogen (secondary N) is 1. The van der Waals surface area contributed by atoms with Gasteiger partial charge in [-0.2, -0.15) is 5.10 Å². The molecule has 0 amide bonds. The zero-order valence-electron chi connectivity index (χ0n) is 7.90. The lowest BCUT2D eigenvalue weighted by molar-refractivity contribution is 1.10. The van der Waals surface area contributed by atoms with Crippen molar-refractivity contribution in [3.05, 3.63) is 54.7 Å². The van der Waals surface area contributed by atoms with Crippen LogP contribution in [0.5, 0.6) is 0 Å². The first-order valence-electron chi connectivity index (χ1n) is 4.61. The van der Waals surface area contributed by atoms with E-state index in [1.165, 1.54) is 5.56 Å². The molecule has 1 N–H and O–H groups in total. The largest absolute Gasteiger partial charge is 0.285 e. The Kier molecular flexibility index (Phi) is 2.45. The van der Waals surface area contributed by atoms with Crippen LogP contribution in [0.25, 0.3) is 11.3 Å². The highest BCUT2D eigenvalue weighted by Gasteiger charge is 2.05. The molecular formula is C12H12N2. The minimum atomic E-state index is 0.848. The van der Waals surface area contributed by atoms with Crippen LogP contribution in [0.4, 0.5) is 0 Å². The number of aromatic nitrogens is 2. The average Bonchev–Trinajstić information content (AvgIpc) is 2.68. The highest BCUT2D eigenvalue weighted by molar-refractivity contribution is 5.62. The van der Waals surface area contributed by atoms with Crippen LogP contribution < -0.4 is 0 Å². The minimum absolute atomic E-state index is 0.848. The lowest BCUT2D eigenvalue weighted by Crippen LogP contribution is -1.83. The van der Waals surface area contributed by atoms with Crippen molar-refractivity contribution in [1.29, 1.82) is 0 Å². The molecule has 0 saturated heterocycles. The van der Waals surface area contributed by atoms with Gasteiger partial charge in [0.15, 0.2) is 0 Å². The molecule has 0 saturated carbocycles. The van der Waals surface area contributed by atoms with Gasteiger partial charge in [0.05, 0.1) is 5.69 Å². The molecule has 0 radical (unpaired) electrons. The smallest absolute Gasteiger partial charge is 0.0955 e. The van der Waals surface area contributed by atoms with Crippen LogP contribution in [0.15, 0.2) is 49.2 Å². The highest BCUT2D eigenvalue weighted by Crippen LogP contribution is 2.20. The molecule has 0 aliphatic rings. The Labute approximate surface area is 83.3 Å². The van der Waals surface area contributed by atoms with Gasteiger partial charge in [0.1, 0.15) is 0 Å². The van der Waals surface area contributed by atoms with E-state index < -0.39 is 0 Å². The van der Waals surface area contributed by atoms with E-state index in [-0.39, 0.29) is 0 Å². The van der Waals surface area contributed by atoms with Crippen molar-refractivity contribution < 1.29 is 0 Å². The fraction of sp³-hybridized carbons (Fsp3) is 0.0833. The molecule has 0 unspecified atom stereocenters. The zero-order chi connectivity index (χ0) is 9.80. The molecule has 0 spiro atoms. The van der Waals surface area contributed by atoms with Crippen molar-refractivity contribution in [2.24, 2.45) is 0 Å². The summed E-state index contributed by atoms with van der Waals surface area (Å²) in [6.07, 6.45) is 4.65. The van der Waals surface area contributed by atoms with Crippen molar-refractivity contribution >= 4 is 0 Å². The monoisotopic (exact) mass is 184 g/mol. The molecule has 1 heterocycles. The Morgan fingerprint density at radius 2 is 2.07 bits per heavy atom. The summed E-state index contributed by atoms with van der Waals surface area (Å²) < 4.78 is 0. The lowest BCUT2D eigenvalue weighted by atomic mass is 10.1. The summed E-state index contributed by atoms with van der Waals surface area (Å²) in [4.78, 5) is 0. The molecule has 2 nitrogen and oxygen atoms in total. The fourth-order valence-electron chi connectivity index (χ4n) is 1.47. The third kappa shape index (κ3) is 1.59. The maximum atomic E-state index is 4.23. The van der Waals surface area contributed by atoms with E-state index in [0.29, 0.717) is 0 Å². The van der Waals surface area contributed by atoms with Gasteiger partial charge in [0, 0.05) is 17.3 Å². The maximum Gasteiger partial charge on any atom is 0.0955 e. The van der Waals surface area contributed by atoms with Crippen molar-refractivity contribution in [2.45, 2.75) is 6.42 Å². The molecule has 14 heavy (non-hydrogen) atoms. The third-order valence-corrected chi connectivity index (χ3v) is 2.13. The van der Waals surface area contributed by atoms with E-state index in [4.69, 9.17) is 0 Å². The van der Waals surface area contributed by atoms with Crippen LogP contribution in [0.3, 0.4) is 0 Å². The quantitative estimate of drug-likeness (QED) is 0.730. The molecule has 2 rings (SSSR count). The van der Waals surface area contributed by atoms with E-state index >= 15 is 0 Å². The second-order valence-corrected chi connectivity index (χ2v) is 3.12. The summed E-state index contributed by atoms with van der Waals surface area (Å²) in [6, 6.07) is 10.2. The van der Waals surface area contributed by atoms with E-state index in [1.807, 2.05) is 30.5 Å². The van der Waals surface area contributed by atoms with Crippen LogP contribution in [-0.2, 0) is 6.42 Å². The first kappa shape index (κ1) is 8.75. The van der Waals surface area contributed by atoms with E-state index in [0.717, 1.165) is 17.7 Å². The molecular weight excluding hydrogens is 172 g/mol. The molecule has 0 aliphatic heterocycles. The van der Waals surface area contributed by atoms with Crippen molar-refractivity contribution in [1.82, 2.24) is 10.2 Å². The summed E-state index contributed by atoms with van der Waals surface area (Å²) in [7, 11) is 0. The Morgan fingerprint density at radius 1 is 1.29 bits per heavy atom. The number of benzene rings is 1. The Morgan fingerprint density at radius 3 is 2.79 bits per heavy atom. The first-order valence-corrected chi connectivity index (χ1v) is 4.61. The number of H-pyrrole nitrogens is 1. The number of hydrogen-bond acceptors (Lipinski definition) is 1. The standard InChI is InChI=1S/C12H12N2/c1-2-6-11-9-13-14-12(11)10-7-4-3-5-8-10/h2-5,7-9H,1,6H2,(H,13,14). The summed E-state index contributed by atoms with van der Waals surface area (Å²) in [5.41, 5.74) is 3.35. The van der Waals surface area contributed by atoms with Crippen LogP contribution in [0, 0.1) is 0 Å². The lowest BCUT2D eigenvalue weighted by Gasteiger charge is -1.98. The van der Waals surface area contributed by atoms with Gasteiger partial charge in [0.2, 0.25) is 0 Å². The van der Waals surface area contributed by atoms with Gasteiger partial charge in [-0.05, 0) is 6.42 Å². The Bertz CT molecular complexity index is 415. The molecule has 0 fully saturated rings. The molecule has 1 aromatic heterocycles. The second kappa shape index (κ2) is 3.92. The third-order valence-electron chi connectivity index (χ3n) is 2.13. The first-order chi connectivity index (χ1) is 6.92. The van der Waals surface area contributed by atoms with Crippen LogP contribution in [0.2, 0.25) is 0 Å². The van der Waals surface area contributed by atoms with Gasteiger partial charge in [-0.1, -0.05) is 36.4 Å². The molecule has 0 aliphatic carbocycles. The molecule has 1 aromatic carbocycles. The van der Waals surface area contributed by atoms with Crippen molar-refractivity contribution in [3.8, 4) is 11.3 Å². The molecule has 0 bridgehead atoms. The van der Waals surface area contributed by atoms with Gasteiger partial charge >= 0.3 is 0 Å². The fourth-order valence-corrected chi connectivity index (χ4v) is 1.47. The SMILES string of the molecule is C=CCc1c[nH]nc1-c1ccccc1. The number of nitrogens with zero attached hydrogens (tertiary/aromatic N) is 1. The van der Waals surface area contributed by atoms with Gasteiger partial charge in [-0.15, -0.1) is 6.58 Å². The van der Waals surface area contributed by atoms with Crippen molar-refractivity contribution in [3.63, 3.8) is 0 Å². The number of allylic oxidation sites excluding steroid dienone is 1. The minimum Gasteiger partial charge on any atom is -0.285 e. The summed E-state index contributed by atoms with van der Waals surface area (Å²) in [6.45, 7) is 3.73. The second-order valence-electron chi connectivity index (χ2n) is 3.12. The van der Waals surface area contributed by atoms with Crippen LogP contribution >= 0.6 is 0 Å². The predicted molar refractivity (Wildman–Crippen MR) is 57.9 cm³/mol. The van der Waals surface area contributed by atoms with E-state index in [9.17, 15) is 0 Å². The summed E-state index contributed by atoms with van der Waals surface area (Å²) in [5.74, 6) is 0. The van der Waals surface area contributed by atoms with Crippen LogP contribution in [-0.4, -0.2) is 10.2 Å². The normalized spacial score (nSPS) is 10.0. The number of hydrogen-bond donors (Lipinski definition) is 1. The number of rotatable bonds is 3. The van der Waals surface area contributed by atoms with Gasteiger partial charge in [-0.25, -0.2) is 0 Å². The van der Waals surface area contributed by atoms with Gasteiger partial charge < -0.3 is 0 Å². The van der Waals surface area contributed by atoms with Crippen molar-refractivity contribution in [2.75, 3.05) is 0 Å². The average molecular weight is 184 g/mol. The van der Waals surface area contributed by atoms with Gasteiger partial charge in [-0.3, -0.25) is 5.10 Å². The summed E-state index contributed by atoms with van der Waals surface area (Å²) in [5, 5.41) is 7.12. The molecule has 2 heteroatoms. The van der Waals surface area contributed by atoms with E-state index in [2.05, 4.69) is 28.9 Å². The van der Waals surface area contributed by atoms with Gasteiger partial charge in [0.25, 0.3) is 0 Å². The Hall–Kier alpha value is -1.83. The summed E-state index contributed by atoms with van der Waals surface area (Å²) >= 11 is 0.